The van der Waals surface area contributed by atoms with Crippen LogP contribution in [0.5, 0.6) is 0 Å². The van der Waals surface area contributed by atoms with Gasteiger partial charge in [0.25, 0.3) is 0 Å². The Morgan fingerprint density at radius 1 is 1.50 bits per heavy atom. The third kappa shape index (κ3) is 3.02. The number of nitrogen functional groups attached to an aromatic ring is 1. The van der Waals surface area contributed by atoms with Crippen molar-refractivity contribution in [3.05, 3.63) is 24.0 Å². The van der Waals surface area contributed by atoms with Crippen LogP contribution in [0.4, 0.5) is 5.69 Å². The summed E-state index contributed by atoms with van der Waals surface area (Å²) in [7, 11) is 2.07. The average Bonchev–Trinajstić information content (AvgIpc) is 2.86. The highest BCUT2D eigenvalue weighted by Crippen LogP contribution is 2.35. The fourth-order valence-electron chi connectivity index (χ4n) is 3.20. The second-order valence-corrected chi connectivity index (χ2v) is 5.52. The van der Waals surface area contributed by atoms with E-state index >= 15 is 0 Å². The van der Waals surface area contributed by atoms with Gasteiger partial charge in [-0.3, -0.25) is 4.98 Å². The van der Waals surface area contributed by atoms with Crippen molar-refractivity contribution in [3.63, 3.8) is 0 Å². The van der Waals surface area contributed by atoms with E-state index in [4.69, 9.17) is 5.73 Å². The molecule has 0 spiro atoms. The zero-order valence-corrected chi connectivity index (χ0v) is 11.5. The Hall–Kier alpha value is -1.09. The van der Waals surface area contributed by atoms with Crippen molar-refractivity contribution in [2.75, 3.05) is 12.8 Å². The third-order valence-corrected chi connectivity index (χ3v) is 4.48. The van der Waals surface area contributed by atoms with Crippen LogP contribution in [0.15, 0.2) is 18.5 Å². The molecule has 2 rings (SSSR count). The maximum absolute atomic E-state index is 6.01. The Balaban J connectivity index is 2.00. The lowest BCUT2D eigenvalue weighted by molar-refractivity contribution is 0.362. The minimum absolute atomic E-state index is 0.535. The summed E-state index contributed by atoms with van der Waals surface area (Å²) in [6.45, 7) is 2.31. The summed E-state index contributed by atoms with van der Waals surface area (Å²) in [5.41, 5.74) is 8.06. The average molecular weight is 247 g/mol. The third-order valence-electron chi connectivity index (χ3n) is 4.48. The Morgan fingerprint density at radius 2 is 2.33 bits per heavy atom. The van der Waals surface area contributed by atoms with Crippen molar-refractivity contribution >= 4 is 5.69 Å². The Labute approximate surface area is 110 Å². The molecule has 0 aromatic carbocycles. The number of anilines is 1. The van der Waals surface area contributed by atoms with Crippen molar-refractivity contribution in [1.82, 2.24) is 10.3 Å². The summed E-state index contributed by atoms with van der Waals surface area (Å²) in [6.07, 6.45) is 10.1. The maximum Gasteiger partial charge on any atom is 0.0378 e. The molecule has 0 radical (unpaired) electrons. The lowest BCUT2D eigenvalue weighted by Crippen LogP contribution is -2.34. The number of nitrogens with one attached hydrogen (secondary N) is 1. The molecule has 0 bridgehead atoms. The van der Waals surface area contributed by atoms with Gasteiger partial charge in [-0.2, -0.15) is 0 Å². The molecule has 3 heteroatoms. The molecule has 0 amide bonds. The molecule has 0 aliphatic heterocycles. The number of nitrogens with two attached hydrogens (primary N) is 1. The quantitative estimate of drug-likeness (QED) is 0.841. The normalized spacial score (nSPS) is 25.2. The molecule has 3 N–H and O–H groups in total. The highest BCUT2D eigenvalue weighted by atomic mass is 14.9. The minimum atomic E-state index is 0.535. The largest absolute Gasteiger partial charge is 0.398 e. The van der Waals surface area contributed by atoms with Crippen molar-refractivity contribution in [1.29, 1.82) is 0 Å². The van der Waals surface area contributed by atoms with E-state index in [9.17, 15) is 0 Å². The van der Waals surface area contributed by atoms with Crippen LogP contribution in [0.2, 0.25) is 0 Å². The number of pyridine rings is 1. The van der Waals surface area contributed by atoms with Gasteiger partial charge in [0.2, 0.25) is 0 Å². The highest BCUT2D eigenvalue weighted by molar-refractivity contribution is 5.44. The lowest BCUT2D eigenvalue weighted by Gasteiger charge is -2.24. The molecular weight excluding hydrogens is 222 g/mol. The van der Waals surface area contributed by atoms with Gasteiger partial charge < -0.3 is 11.1 Å². The summed E-state index contributed by atoms with van der Waals surface area (Å²) in [4.78, 5) is 4.18. The molecule has 0 saturated heterocycles. The standard InChI is InChI=1S/C15H25N3/c1-3-11-4-5-12(8-11)15(17-2)9-13-10-18-7-6-14(13)16/h6-7,10-12,15,17H,3-5,8-9H2,1-2H3,(H2,16,18). The van der Waals surface area contributed by atoms with Gasteiger partial charge in [0.15, 0.2) is 0 Å². The van der Waals surface area contributed by atoms with Gasteiger partial charge in [0.1, 0.15) is 0 Å². The van der Waals surface area contributed by atoms with Crippen LogP contribution in [-0.4, -0.2) is 18.1 Å². The Kier molecular flexibility index (Phi) is 4.59. The molecule has 1 saturated carbocycles. The lowest BCUT2D eigenvalue weighted by atomic mass is 9.91. The molecule has 100 valence electrons. The zero-order valence-electron chi connectivity index (χ0n) is 11.5. The van der Waals surface area contributed by atoms with E-state index in [1.54, 1.807) is 6.20 Å². The predicted molar refractivity (Wildman–Crippen MR) is 76.3 cm³/mol. The molecule has 1 heterocycles. The smallest absolute Gasteiger partial charge is 0.0378 e. The van der Waals surface area contributed by atoms with Crippen molar-refractivity contribution in [2.45, 2.75) is 45.1 Å². The first kappa shape index (κ1) is 13.3. The van der Waals surface area contributed by atoms with Crippen molar-refractivity contribution in [3.8, 4) is 0 Å². The van der Waals surface area contributed by atoms with Crippen LogP contribution in [0, 0.1) is 11.8 Å². The van der Waals surface area contributed by atoms with Crippen LogP contribution in [0.3, 0.4) is 0 Å². The number of hydrogen-bond acceptors (Lipinski definition) is 3. The SMILES string of the molecule is CCC1CCC(C(Cc2cnccc2N)NC)C1. The van der Waals surface area contributed by atoms with Crippen LogP contribution >= 0.6 is 0 Å². The molecule has 18 heavy (non-hydrogen) atoms. The van der Waals surface area contributed by atoms with E-state index in [-0.39, 0.29) is 0 Å². The number of likely N-dealkylation sites (N-methyl/N-ethyl adjacent to an activating group) is 1. The first-order chi connectivity index (χ1) is 8.74. The van der Waals surface area contributed by atoms with Crippen molar-refractivity contribution in [2.24, 2.45) is 11.8 Å². The van der Waals surface area contributed by atoms with Gasteiger partial charge in [-0.05, 0) is 49.8 Å². The van der Waals surface area contributed by atoms with Gasteiger partial charge in [-0.15, -0.1) is 0 Å². The number of hydrogen-bond donors (Lipinski definition) is 2. The highest BCUT2D eigenvalue weighted by Gasteiger charge is 2.29. The van der Waals surface area contributed by atoms with E-state index in [1.165, 1.54) is 31.2 Å². The van der Waals surface area contributed by atoms with Gasteiger partial charge in [0, 0.05) is 24.1 Å². The molecular formula is C15H25N3. The summed E-state index contributed by atoms with van der Waals surface area (Å²) in [5, 5.41) is 3.48. The van der Waals surface area contributed by atoms with Crippen LogP contribution in [0.25, 0.3) is 0 Å². The van der Waals surface area contributed by atoms with E-state index in [2.05, 4.69) is 24.3 Å². The molecule has 1 aromatic rings. The van der Waals surface area contributed by atoms with Crippen LogP contribution in [-0.2, 0) is 6.42 Å². The number of rotatable bonds is 5. The topological polar surface area (TPSA) is 50.9 Å². The molecule has 1 aromatic heterocycles. The van der Waals surface area contributed by atoms with E-state index in [0.717, 1.165) is 23.9 Å². The summed E-state index contributed by atoms with van der Waals surface area (Å²) >= 11 is 0. The first-order valence-electron chi connectivity index (χ1n) is 7.10. The molecule has 3 nitrogen and oxygen atoms in total. The zero-order chi connectivity index (χ0) is 13.0. The molecule has 1 aliphatic rings. The van der Waals surface area contributed by atoms with Gasteiger partial charge in [-0.1, -0.05) is 19.8 Å². The number of aromatic nitrogens is 1. The van der Waals surface area contributed by atoms with E-state index in [0.29, 0.717) is 6.04 Å². The Morgan fingerprint density at radius 3 is 2.94 bits per heavy atom. The van der Waals surface area contributed by atoms with Crippen molar-refractivity contribution < 1.29 is 0 Å². The number of nitrogens with zero attached hydrogens (tertiary/aromatic N) is 1. The van der Waals surface area contributed by atoms with E-state index < -0.39 is 0 Å². The maximum atomic E-state index is 6.01. The predicted octanol–water partition coefficient (Wildman–Crippen LogP) is 2.62. The summed E-state index contributed by atoms with van der Waals surface area (Å²) in [6, 6.07) is 2.43. The Bertz CT molecular complexity index is 378. The molecule has 1 fully saturated rings. The fourth-order valence-corrected chi connectivity index (χ4v) is 3.20. The van der Waals surface area contributed by atoms with Crippen LogP contribution < -0.4 is 11.1 Å². The second-order valence-electron chi connectivity index (χ2n) is 5.52. The summed E-state index contributed by atoms with van der Waals surface area (Å²) < 4.78 is 0. The van der Waals surface area contributed by atoms with Gasteiger partial charge in [0.05, 0.1) is 0 Å². The second kappa shape index (κ2) is 6.19. The van der Waals surface area contributed by atoms with E-state index in [1.807, 2.05) is 12.3 Å². The molecule has 3 unspecified atom stereocenters. The first-order valence-corrected chi connectivity index (χ1v) is 7.10. The molecule has 1 aliphatic carbocycles. The van der Waals surface area contributed by atoms with Gasteiger partial charge >= 0.3 is 0 Å². The molecule has 3 atom stereocenters. The van der Waals surface area contributed by atoms with Gasteiger partial charge in [-0.25, -0.2) is 0 Å². The minimum Gasteiger partial charge on any atom is -0.398 e. The monoisotopic (exact) mass is 247 g/mol. The summed E-state index contributed by atoms with van der Waals surface area (Å²) in [5.74, 6) is 1.72. The fraction of sp³-hybridized carbons (Fsp3) is 0.667. The van der Waals surface area contributed by atoms with Crippen LogP contribution in [0.1, 0.15) is 38.2 Å².